The van der Waals surface area contributed by atoms with Crippen LogP contribution >= 0.6 is 23.2 Å². The Labute approximate surface area is 129 Å². The van der Waals surface area contributed by atoms with E-state index in [0.717, 1.165) is 12.1 Å². The van der Waals surface area contributed by atoms with E-state index in [-0.39, 0.29) is 0 Å². The quantitative estimate of drug-likeness (QED) is 0.852. The molecule has 1 N–H and O–H groups in total. The molecule has 2 rings (SSSR count). The summed E-state index contributed by atoms with van der Waals surface area (Å²) in [7, 11) is 1.71. The molecule has 2 aromatic carbocycles. The molecule has 0 saturated carbocycles. The minimum atomic E-state index is 0.625. The molecule has 0 aliphatic rings. The second-order valence-electron chi connectivity index (χ2n) is 4.54. The molecule has 0 aliphatic heterocycles. The standard InChI is InChI=1S/C16H17Cl2NO/c1-20-11-14-5-3-2-4-12(14)9-19-10-13-6-7-15(17)8-16(13)18/h2-8,19H,9-11H2,1H3. The lowest BCUT2D eigenvalue weighted by atomic mass is 10.1. The van der Waals surface area contributed by atoms with E-state index >= 15 is 0 Å². The average molecular weight is 310 g/mol. The summed E-state index contributed by atoms with van der Waals surface area (Å²) in [6, 6.07) is 13.8. The topological polar surface area (TPSA) is 21.3 Å². The summed E-state index contributed by atoms with van der Waals surface area (Å²) in [5.41, 5.74) is 3.48. The lowest BCUT2D eigenvalue weighted by molar-refractivity contribution is 0.184. The first-order valence-electron chi connectivity index (χ1n) is 6.41. The molecule has 2 nitrogen and oxygen atoms in total. The Morgan fingerprint density at radius 3 is 2.35 bits per heavy atom. The minimum Gasteiger partial charge on any atom is -0.380 e. The van der Waals surface area contributed by atoms with Gasteiger partial charge in [0, 0.05) is 30.2 Å². The van der Waals surface area contributed by atoms with Gasteiger partial charge in [-0.3, -0.25) is 0 Å². The first-order valence-corrected chi connectivity index (χ1v) is 7.16. The van der Waals surface area contributed by atoms with Crippen LogP contribution in [-0.2, 0) is 24.4 Å². The van der Waals surface area contributed by atoms with Crippen molar-refractivity contribution in [1.29, 1.82) is 0 Å². The maximum absolute atomic E-state index is 6.15. The highest BCUT2D eigenvalue weighted by molar-refractivity contribution is 6.35. The third-order valence-electron chi connectivity index (χ3n) is 3.06. The zero-order valence-corrected chi connectivity index (χ0v) is 12.8. The van der Waals surface area contributed by atoms with Crippen LogP contribution in [0.2, 0.25) is 10.0 Å². The number of hydrogen-bond acceptors (Lipinski definition) is 2. The van der Waals surface area contributed by atoms with Crippen molar-refractivity contribution in [2.45, 2.75) is 19.7 Å². The summed E-state index contributed by atoms with van der Waals surface area (Å²) in [4.78, 5) is 0. The second kappa shape index (κ2) is 7.65. The molecule has 0 aromatic heterocycles. The van der Waals surface area contributed by atoms with Gasteiger partial charge >= 0.3 is 0 Å². The van der Waals surface area contributed by atoms with Crippen LogP contribution in [0.1, 0.15) is 16.7 Å². The van der Waals surface area contributed by atoms with Crippen LogP contribution < -0.4 is 5.32 Å². The van der Waals surface area contributed by atoms with E-state index < -0.39 is 0 Å². The van der Waals surface area contributed by atoms with Crippen molar-refractivity contribution in [3.63, 3.8) is 0 Å². The Balaban J connectivity index is 1.96. The Hall–Kier alpha value is -1.06. The first-order chi connectivity index (χ1) is 9.70. The third-order valence-corrected chi connectivity index (χ3v) is 3.65. The molecule has 0 bridgehead atoms. The van der Waals surface area contributed by atoms with E-state index in [9.17, 15) is 0 Å². The van der Waals surface area contributed by atoms with E-state index in [1.165, 1.54) is 11.1 Å². The molecule has 4 heteroatoms. The molecule has 0 fully saturated rings. The maximum Gasteiger partial charge on any atom is 0.0716 e. The number of benzene rings is 2. The van der Waals surface area contributed by atoms with Crippen LogP contribution in [0.3, 0.4) is 0 Å². The monoisotopic (exact) mass is 309 g/mol. The lowest BCUT2D eigenvalue weighted by Crippen LogP contribution is -2.14. The van der Waals surface area contributed by atoms with E-state index in [1.54, 1.807) is 13.2 Å². The summed E-state index contributed by atoms with van der Waals surface area (Å²) in [5, 5.41) is 4.74. The molecule has 0 atom stereocenters. The van der Waals surface area contributed by atoms with Crippen LogP contribution in [-0.4, -0.2) is 7.11 Å². The lowest BCUT2D eigenvalue weighted by Gasteiger charge is -2.11. The van der Waals surface area contributed by atoms with Crippen molar-refractivity contribution < 1.29 is 4.74 Å². The van der Waals surface area contributed by atoms with Gasteiger partial charge in [0.25, 0.3) is 0 Å². The van der Waals surface area contributed by atoms with Crippen molar-refractivity contribution in [2.24, 2.45) is 0 Å². The number of halogens is 2. The van der Waals surface area contributed by atoms with Gasteiger partial charge < -0.3 is 10.1 Å². The van der Waals surface area contributed by atoms with Gasteiger partial charge in [-0.25, -0.2) is 0 Å². The van der Waals surface area contributed by atoms with Crippen molar-refractivity contribution in [3.8, 4) is 0 Å². The predicted molar refractivity (Wildman–Crippen MR) is 84.2 cm³/mol. The summed E-state index contributed by atoms with van der Waals surface area (Å²) >= 11 is 12.0. The molecular weight excluding hydrogens is 293 g/mol. The van der Waals surface area contributed by atoms with E-state index in [4.69, 9.17) is 27.9 Å². The van der Waals surface area contributed by atoms with Crippen molar-refractivity contribution >= 4 is 23.2 Å². The van der Waals surface area contributed by atoms with Gasteiger partial charge in [-0.2, -0.15) is 0 Å². The predicted octanol–water partition coefficient (Wildman–Crippen LogP) is 4.43. The Morgan fingerprint density at radius 2 is 1.65 bits per heavy atom. The molecule has 0 spiro atoms. The molecule has 2 aromatic rings. The molecule has 106 valence electrons. The number of methoxy groups -OCH3 is 1. The summed E-state index contributed by atoms with van der Waals surface area (Å²) in [6.07, 6.45) is 0. The Kier molecular flexibility index (Phi) is 5.86. The van der Waals surface area contributed by atoms with Gasteiger partial charge in [0.05, 0.1) is 6.61 Å². The molecule has 0 unspecified atom stereocenters. The molecule has 0 heterocycles. The fourth-order valence-electron chi connectivity index (χ4n) is 2.02. The SMILES string of the molecule is COCc1ccccc1CNCc1ccc(Cl)cc1Cl. The molecule has 0 aliphatic carbocycles. The Morgan fingerprint density at radius 1 is 0.950 bits per heavy atom. The highest BCUT2D eigenvalue weighted by Gasteiger charge is 2.03. The van der Waals surface area contributed by atoms with Crippen LogP contribution in [0.25, 0.3) is 0 Å². The highest BCUT2D eigenvalue weighted by atomic mass is 35.5. The zero-order valence-electron chi connectivity index (χ0n) is 11.3. The van der Waals surface area contributed by atoms with E-state index in [2.05, 4.69) is 17.4 Å². The van der Waals surface area contributed by atoms with Gasteiger partial charge in [-0.05, 0) is 28.8 Å². The molecule has 0 amide bonds. The normalized spacial score (nSPS) is 10.8. The largest absolute Gasteiger partial charge is 0.380 e. The van der Waals surface area contributed by atoms with Crippen molar-refractivity contribution in [3.05, 3.63) is 69.2 Å². The zero-order chi connectivity index (χ0) is 14.4. The van der Waals surface area contributed by atoms with Gasteiger partial charge in [-0.15, -0.1) is 0 Å². The summed E-state index contributed by atoms with van der Waals surface area (Å²) in [6.45, 7) is 2.11. The average Bonchev–Trinajstić information content (AvgIpc) is 2.43. The number of rotatable bonds is 6. The third kappa shape index (κ3) is 4.22. The summed E-state index contributed by atoms with van der Waals surface area (Å²) < 4.78 is 5.20. The van der Waals surface area contributed by atoms with Gasteiger partial charge in [0.1, 0.15) is 0 Å². The highest BCUT2D eigenvalue weighted by Crippen LogP contribution is 2.21. The molecular formula is C16H17Cl2NO. The fourth-order valence-corrected chi connectivity index (χ4v) is 2.50. The maximum atomic E-state index is 6.15. The van der Waals surface area contributed by atoms with Gasteiger partial charge in [-0.1, -0.05) is 53.5 Å². The fraction of sp³-hybridized carbons (Fsp3) is 0.250. The van der Waals surface area contributed by atoms with Gasteiger partial charge in [0.15, 0.2) is 0 Å². The summed E-state index contributed by atoms with van der Waals surface area (Å²) in [5.74, 6) is 0. The van der Waals surface area contributed by atoms with Crippen molar-refractivity contribution in [1.82, 2.24) is 5.32 Å². The number of nitrogens with one attached hydrogen (secondary N) is 1. The minimum absolute atomic E-state index is 0.625. The Bertz CT molecular complexity index is 572. The smallest absolute Gasteiger partial charge is 0.0716 e. The van der Waals surface area contributed by atoms with Gasteiger partial charge in [0.2, 0.25) is 0 Å². The molecule has 0 radical (unpaired) electrons. The van der Waals surface area contributed by atoms with Crippen LogP contribution in [0.5, 0.6) is 0 Å². The van der Waals surface area contributed by atoms with Crippen LogP contribution in [0, 0.1) is 0 Å². The first kappa shape index (κ1) is 15.3. The number of hydrogen-bond donors (Lipinski definition) is 1. The molecule has 20 heavy (non-hydrogen) atoms. The van der Waals surface area contributed by atoms with Crippen LogP contribution in [0.15, 0.2) is 42.5 Å². The van der Waals surface area contributed by atoms with Crippen molar-refractivity contribution in [2.75, 3.05) is 7.11 Å². The number of ether oxygens (including phenoxy) is 1. The molecule has 0 saturated heterocycles. The second-order valence-corrected chi connectivity index (χ2v) is 5.38. The van der Waals surface area contributed by atoms with E-state index in [0.29, 0.717) is 23.2 Å². The van der Waals surface area contributed by atoms with Crippen LogP contribution in [0.4, 0.5) is 0 Å². The van der Waals surface area contributed by atoms with E-state index in [1.807, 2.05) is 24.3 Å².